The van der Waals surface area contributed by atoms with Gasteiger partial charge in [-0.25, -0.2) is 4.79 Å². The fourth-order valence-electron chi connectivity index (χ4n) is 1.68. The lowest BCUT2D eigenvalue weighted by Crippen LogP contribution is -2.47. The normalized spacial score (nSPS) is 10.1. The van der Waals surface area contributed by atoms with Gasteiger partial charge in [0, 0.05) is 12.6 Å². The number of hydrogen-bond donors (Lipinski definition) is 2. The summed E-state index contributed by atoms with van der Waals surface area (Å²) >= 11 is 0. The number of carboxylic acid groups (broad SMARTS) is 1. The summed E-state index contributed by atoms with van der Waals surface area (Å²) in [5.74, 6) is -1.32. The van der Waals surface area contributed by atoms with Crippen LogP contribution in [0.3, 0.4) is 0 Å². The minimum Gasteiger partial charge on any atom is -0.480 e. The maximum atomic E-state index is 12.1. The molecule has 1 rings (SSSR count). The molecule has 1 heterocycles. The Morgan fingerprint density at radius 2 is 2.00 bits per heavy atom. The van der Waals surface area contributed by atoms with Crippen LogP contribution in [0.15, 0.2) is 16.7 Å². The predicted molar refractivity (Wildman–Crippen MR) is 68.7 cm³/mol. The standard InChI is InChI=1S/C12H17N3O5/c1-8-9(3-4-20-8)5-14(2)12(19)15(6-10(13)16)7-11(17)18/h3-4H,5-7H2,1-2H3,(H2,13,16)(H,17,18). The van der Waals surface area contributed by atoms with Crippen molar-refractivity contribution < 1.29 is 23.9 Å². The Hall–Kier alpha value is -2.51. The van der Waals surface area contributed by atoms with Crippen LogP contribution in [0.2, 0.25) is 0 Å². The molecular weight excluding hydrogens is 266 g/mol. The summed E-state index contributed by atoms with van der Waals surface area (Å²) < 4.78 is 5.11. The van der Waals surface area contributed by atoms with Gasteiger partial charge >= 0.3 is 12.0 Å². The van der Waals surface area contributed by atoms with Crippen molar-refractivity contribution in [3.05, 3.63) is 23.7 Å². The lowest BCUT2D eigenvalue weighted by atomic mass is 10.2. The Kier molecular flexibility index (Phi) is 5.13. The van der Waals surface area contributed by atoms with E-state index in [9.17, 15) is 14.4 Å². The van der Waals surface area contributed by atoms with E-state index in [1.54, 1.807) is 13.0 Å². The van der Waals surface area contributed by atoms with Gasteiger partial charge in [-0.2, -0.15) is 0 Å². The van der Waals surface area contributed by atoms with E-state index in [1.165, 1.54) is 18.2 Å². The summed E-state index contributed by atoms with van der Waals surface area (Å²) in [4.78, 5) is 35.9. The van der Waals surface area contributed by atoms with Gasteiger partial charge in [-0.15, -0.1) is 0 Å². The molecule has 0 aromatic carbocycles. The summed E-state index contributed by atoms with van der Waals surface area (Å²) in [5, 5.41) is 8.75. The number of furan rings is 1. The number of rotatable bonds is 6. The molecule has 0 unspecified atom stereocenters. The predicted octanol–water partition coefficient (Wildman–Crippen LogP) is 0.0117. The molecule has 0 aliphatic heterocycles. The van der Waals surface area contributed by atoms with Crippen LogP contribution in [0.25, 0.3) is 0 Å². The molecular formula is C12H17N3O5. The zero-order valence-corrected chi connectivity index (χ0v) is 11.3. The Balaban J connectivity index is 2.74. The Morgan fingerprint density at radius 1 is 1.35 bits per heavy atom. The molecule has 3 N–H and O–H groups in total. The third kappa shape index (κ3) is 4.30. The number of hydrogen-bond acceptors (Lipinski definition) is 4. The summed E-state index contributed by atoms with van der Waals surface area (Å²) in [6.45, 7) is 0.971. The minimum atomic E-state index is -1.22. The van der Waals surface area contributed by atoms with Crippen LogP contribution in [0.4, 0.5) is 4.79 Å². The maximum Gasteiger partial charge on any atom is 0.323 e. The van der Waals surface area contributed by atoms with Crippen molar-refractivity contribution in [3.8, 4) is 0 Å². The highest BCUT2D eigenvalue weighted by Crippen LogP contribution is 2.12. The van der Waals surface area contributed by atoms with Crippen molar-refractivity contribution in [2.75, 3.05) is 20.1 Å². The van der Waals surface area contributed by atoms with E-state index in [-0.39, 0.29) is 6.54 Å². The zero-order chi connectivity index (χ0) is 15.3. The number of aliphatic carboxylic acids is 1. The molecule has 3 amide bonds. The zero-order valence-electron chi connectivity index (χ0n) is 11.3. The molecule has 0 radical (unpaired) electrons. The maximum absolute atomic E-state index is 12.1. The average Bonchev–Trinajstić information content (AvgIpc) is 2.72. The van der Waals surface area contributed by atoms with Gasteiger partial charge in [0.15, 0.2) is 0 Å². The summed E-state index contributed by atoms with van der Waals surface area (Å²) in [6.07, 6.45) is 1.50. The topological polar surface area (TPSA) is 117 Å². The van der Waals surface area contributed by atoms with Crippen LogP contribution >= 0.6 is 0 Å². The lowest BCUT2D eigenvalue weighted by Gasteiger charge is -2.25. The number of amides is 3. The molecule has 8 nitrogen and oxygen atoms in total. The fourth-order valence-corrected chi connectivity index (χ4v) is 1.68. The van der Waals surface area contributed by atoms with Gasteiger partial charge < -0.3 is 25.1 Å². The van der Waals surface area contributed by atoms with Crippen LogP contribution in [-0.4, -0.2) is 53.0 Å². The number of primary amides is 1. The van der Waals surface area contributed by atoms with Crippen LogP contribution in [0, 0.1) is 6.92 Å². The van der Waals surface area contributed by atoms with Crippen molar-refractivity contribution in [2.45, 2.75) is 13.5 Å². The molecule has 8 heteroatoms. The largest absolute Gasteiger partial charge is 0.480 e. The van der Waals surface area contributed by atoms with E-state index in [2.05, 4.69) is 0 Å². The summed E-state index contributed by atoms with van der Waals surface area (Å²) in [5.41, 5.74) is 5.81. The van der Waals surface area contributed by atoms with Gasteiger partial charge in [0.2, 0.25) is 5.91 Å². The number of urea groups is 1. The van der Waals surface area contributed by atoms with Crippen molar-refractivity contribution in [2.24, 2.45) is 5.73 Å². The number of carbonyl (C=O) groups is 3. The summed E-state index contributed by atoms with van der Waals surface area (Å²) in [6, 6.07) is 1.13. The molecule has 0 saturated carbocycles. The third-order valence-electron chi connectivity index (χ3n) is 2.64. The highest BCUT2D eigenvalue weighted by Gasteiger charge is 2.22. The van der Waals surface area contributed by atoms with Crippen molar-refractivity contribution in [1.82, 2.24) is 9.80 Å². The quantitative estimate of drug-likeness (QED) is 0.762. The number of nitrogens with two attached hydrogens (primary N) is 1. The van der Waals surface area contributed by atoms with Gasteiger partial charge in [-0.05, 0) is 13.0 Å². The van der Waals surface area contributed by atoms with Crippen LogP contribution in [0.5, 0.6) is 0 Å². The van der Waals surface area contributed by atoms with Gasteiger partial charge in [0.1, 0.15) is 18.8 Å². The second-order valence-electron chi connectivity index (χ2n) is 4.36. The smallest absolute Gasteiger partial charge is 0.323 e. The van der Waals surface area contributed by atoms with Crippen LogP contribution in [0.1, 0.15) is 11.3 Å². The first kappa shape index (κ1) is 15.5. The lowest BCUT2D eigenvalue weighted by molar-refractivity contribution is -0.138. The van der Waals surface area contributed by atoms with E-state index in [0.29, 0.717) is 5.76 Å². The fraction of sp³-hybridized carbons (Fsp3) is 0.417. The first-order valence-electron chi connectivity index (χ1n) is 5.84. The van der Waals surface area contributed by atoms with Crippen LogP contribution in [-0.2, 0) is 16.1 Å². The highest BCUT2D eigenvalue weighted by atomic mass is 16.4. The molecule has 0 atom stereocenters. The SMILES string of the molecule is Cc1occc1CN(C)C(=O)N(CC(N)=O)CC(=O)O. The van der Waals surface area contributed by atoms with Gasteiger partial charge in [0.25, 0.3) is 0 Å². The molecule has 0 spiro atoms. The molecule has 0 fully saturated rings. The molecule has 20 heavy (non-hydrogen) atoms. The molecule has 0 aliphatic rings. The molecule has 1 aromatic heterocycles. The number of nitrogens with zero attached hydrogens (tertiary/aromatic N) is 2. The Morgan fingerprint density at radius 3 is 2.45 bits per heavy atom. The van der Waals surface area contributed by atoms with Gasteiger partial charge in [-0.1, -0.05) is 0 Å². The van der Waals surface area contributed by atoms with Gasteiger partial charge in [-0.3, -0.25) is 9.59 Å². The molecule has 0 bridgehead atoms. The molecule has 0 aliphatic carbocycles. The second-order valence-corrected chi connectivity index (χ2v) is 4.36. The monoisotopic (exact) mass is 283 g/mol. The first-order chi connectivity index (χ1) is 9.31. The average molecular weight is 283 g/mol. The summed E-state index contributed by atoms with van der Waals surface area (Å²) in [7, 11) is 1.50. The Labute approximate surface area is 115 Å². The van der Waals surface area contributed by atoms with E-state index < -0.39 is 31.0 Å². The first-order valence-corrected chi connectivity index (χ1v) is 5.84. The molecule has 0 saturated heterocycles. The molecule has 110 valence electrons. The van der Waals surface area contributed by atoms with E-state index in [0.717, 1.165) is 10.5 Å². The number of carbonyl (C=O) groups excluding carboxylic acids is 2. The van der Waals surface area contributed by atoms with E-state index in [1.807, 2.05) is 0 Å². The van der Waals surface area contributed by atoms with E-state index in [4.69, 9.17) is 15.3 Å². The van der Waals surface area contributed by atoms with Crippen LogP contribution < -0.4 is 5.73 Å². The van der Waals surface area contributed by atoms with E-state index >= 15 is 0 Å². The van der Waals surface area contributed by atoms with Gasteiger partial charge in [0.05, 0.1) is 12.8 Å². The Bertz CT molecular complexity index is 495. The van der Waals surface area contributed by atoms with Crippen molar-refractivity contribution >= 4 is 17.9 Å². The number of carboxylic acids is 1. The minimum absolute atomic E-state index is 0.246. The number of aryl methyl sites for hydroxylation is 1. The second kappa shape index (κ2) is 6.60. The highest BCUT2D eigenvalue weighted by molar-refractivity contribution is 5.85. The van der Waals surface area contributed by atoms with Crippen molar-refractivity contribution in [3.63, 3.8) is 0 Å². The third-order valence-corrected chi connectivity index (χ3v) is 2.64. The van der Waals surface area contributed by atoms with Crippen molar-refractivity contribution in [1.29, 1.82) is 0 Å². The molecule has 1 aromatic rings.